The van der Waals surface area contributed by atoms with Crippen molar-refractivity contribution in [2.24, 2.45) is 5.92 Å². The van der Waals surface area contributed by atoms with Gasteiger partial charge in [-0.05, 0) is 48.9 Å². The van der Waals surface area contributed by atoms with Crippen molar-refractivity contribution in [2.75, 3.05) is 0 Å². The third-order valence-corrected chi connectivity index (χ3v) is 3.71. The van der Waals surface area contributed by atoms with Crippen molar-refractivity contribution in [1.29, 1.82) is 0 Å². The first kappa shape index (κ1) is 17.2. The fourth-order valence-corrected chi connectivity index (χ4v) is 2.37. The lowest BCUT2D eigenvalue weighted by Gasteiger charge is -2.20. The van der Waals surface area contributed by atoms with Gasteiger partial charge in [0, 0.05) is 0 Å². The molecule has 0 radical (unpaired) electrons. The standard InChI is InChI=1S/C17H24O4/c1-6-12-9-14(13(16(18)19)8-11(12)5)17(20)21-15(7-2)10(3)4/h8-10,15H,6-7H2,1-5H3,(H,18,19). The summed E-state index contributed by atoms with van der Waals surface area (Å²) >= 11 is 0. The molecule has 0 aliphatic carbocycles. The first-order chi connectivity index (χ1) is 9.81. The number of hydrogen-bond donors (Lipinski definition) is 1. The van der Waals surface area contributed by atoms with Crippen molar-refractivity contribution >= 4 is 11.9 Å². The van der Waals surface area contributed by atoms with Gasteiger partial charge in [-0.1, -0.05) is 27.7 Å². The number of carboxylic acids is 1. The molecule has 0 heterocycles. The summed E-state index contributed by atoms with van der Waals surface area (Å²) in [6.07, 6.45) is 1.25. The largest absolute Gasteiger partial charge is 0.478 e. The Morgan fingerprint density at radius 2 is 1.81 bits per heavy atom. The molecule has 1 rings (SSSR count). The second kappa shape index (κ2) is 7.25. The minimum atomic E-state index is -1.11. The number of aromatic carboxylic acids is 1. The molecular formula is C17H24O4. The molecule has 1 N–H and O–H groups in total. The van der Waals surface area contributed by atoms with Crippen molar-refractivity contribution < 1.29 is 19.4 Å². The van der Waals surface area contributed by atoms with Gasteiger partial charge in [0.15, 0.2) is 0 Å². The molecule has 0 amide bonds. The van der Waals surface area contributed by atoms with Crippen molar-refractivity contribution in [1.82, 2.24) is 0 Å². The number of aryl methyl sites for hydroxylation is 2. The van der Waals surface area contributed by atoms with Crippen LogP contribution in [0.25, 0.3) is 0 Å². The van der Waals surface area contributed by atoms with Crippen LogP contribution in [-0.2, 0) is 11.2 Å². The zero-order valence-electron chi connectivity index (χ0n) is 13.4. The Morgan fingerprint density at radius 3 is 2.24 bits per heavy atom. The van der Waals surface area contributed by atoms with Crippen molar-refractivity contribution in [3.05, 3.63) is 34.4 Å². The fourth-order valence-electron chi connectivity index (χ4n) is 2.37. The molecule has 4 nitrogen and oxygen atoms in total. The molecule has 0 aliphatic heterocycles. The SMILES string of the molecule is CCc1cc(C(=O)OC(CC)C(C)C)c(C(=O)O)cc1C. The van der Waals surface area contributed by atoms with Crippen LogP contribution >= 0.6 is 0 Å². The van der Waals surface area contributed by atoms with Crippen LogP contribution in [0.15, 0.2) is 12.1 Å². The lowest BCUT2D eigenvalue weighted by molar-refractivity contribution is 0.0169. The number of carboxylic acid groups (broad SMARTS) is 1. The van der Waals surface area contributed by atoms with Gasteiger partial charge < -0.3 is 9.84 Å². The van der Waals surface area contributed by atoms with Gasteiger partial charge in [0.05, 0.1) is 11.1 Å². The lowest BCUT2D eigenvalue weighted by atomic mass is 9.97. The highest BCUT2D eigenvalue weighted by Gasteiger charge is 2.23. The summed E-state index contributed by atoms with van der Waals surface area (Å²) in [7, 11) is 0. The van der Waals surface area contributed by atoms with Gasteiger partial charge in [-0.15, -0.1) is 0 Å². The van der Waals surface area contributed by atoms with Crippen LogP contribution in [0.5, 0.6) is 0 Å². The third kappa shape index (κ3) is 4.06. The molecular weight excluding hydrogens is 268 g/mol. The van der Waals surface area contributed by atoms with Gasteiger partial charge in [-0.2, -0.15) is 0 Å². The van der Waals surface area contributed by atoms with E-state index >= 15 is 0 Å². The number of hydrogen-bond acceptors (Lipinski definition) is 3. The van der Waals surface area contributed by atoms with Crippen LogP contribution in [0.3, 0.4) is 0 Å². The minimum Gasteiger partial charge on any atom is -0.478 e. The lowest BCUT2D eigenvalue weighted by Crippen LogP contribution is -2.24. The van der Waals surface area contributed by atoms with E-state index in [4.69, 9.17) is 4.74 Å². The van der Waals surface area contributed by atoms with Crippen molar-refractivity contribution in [3.8, 4) is 0 Å². The normalized spacial score (nSPS) is 12.3. The fraction of sp³-hybridized carbons (Fsp3) is 0.529. The molecule has 116 valence electrons. The molecule has 0 saturated heterocycles. The second-order valence-corrected chi connectivity index (χ2v) is 5.58. The zero-order chi connectivity index (χ0) is 16.2. The van der Waals surface area contributed by atoms with Crippen LogP contribution in [0, 0.1) is 12.8 Å². The first-order valence-corrected chi connectivity index (χ1v) is 7.39. The topological polar surface area (TPSA) is 63.6 Å². The maximum atomic E-state index is 12.3. The molecule has 4 heteroatoms. The van der Waals surface area contributed by atoms with Crippen molar-refractivity contribution in [3.63, 3.8) is 0 Å². The van der Waals surface area contributed by atoms with Gasteiger partial charge in [-0.25, -0.2) is 9.59 Å². The zero-order valence-corrected chi connectivity index (χ0v) is 13.4. The quantitative estimate of drug-likeness (QED) is 0.809. The minimum absolute atomic E-state index is 0.00769. The Kier molecular flexibility index (Phi) is 5.94. The van der Waals surface area contributed by atoms with E-state index in [0.717, 1.165) is 17.5 Å². The van der Waals surface area contributed by atoms with E-state index in [-0.39, 0.29) is 23.1 Å². The van der Waals surface area contributed by atoms with Crippen LogP contribution < -0.4 is 0 Å². The Hall–Kier alpha value is -1.84. The molecule has 0 saturated carbocycles. The summed E-state index contributed by atoms with van der Waals surface area (Å²) in [5.41, 5.74) is 1.99. The number of benzene rings is 1. The van der Waals surface area contributed by atoms with Gasteiger partial charge >= 0.3 is 11.9 Å². The summed E-state index contributed by atoms with van der Waals surface area (Å²) < 4.78 is 5.48. The van der Waals surface area contributed by atoms with Crippen LogP contribution in [-0.4, -0.2) is 23.1 Å². The Balaban J connectivity index is 3.21. The van der Waals surface area contributed by atoms with Gasteiger partial charge in [0.2, 0.25) is 0 Å². The highest BCUT2D eigenvalue weighted by Crippen LogP contribution is 2.21. The molecule has 0 aliphatic rings. The number of rotatable bonds is 6. The number of carbonyl (C=O) groups is 2. The molecule has 0 fully saturated rings. The maximum Gasteiger partial charge on any atom is 0.339 e. The monoisotopic (exact) mass is 292 g/mol. The number of carbonyl (C=O) groups excluding carboxylic acids is 1. The predicted molar refractivity (Wildman–Crippen MR) is 81.8 cm³/mol. The molecule has 1 unspecified atom stereocenters. The maximum absolute atomic E-state index is 12.3. The molecule has 0 aromatic heterocycles. The summed E-state index contributed by atoms with van der Waals surface area (Å²) in [5.74, 6) is -1.46. The van der Waals surface area contributed by atoms with E-state index in [1.807, 2.05) is 34.6 Å². The second-order valence-electron chi connectivity index (χ2n) is 5.58. The van der Waals surface area contributed by atoms with Gasteiger partial charge in [-0.3, -0.25) is 0 Å². The molecule has 21 heavy (non-hydrogen) atoms. The number of esters is 1. The van der Waals surface area contributed by atoms with Crippen molar-refractivity contribution in [2.45, 2.75) is 53.6 Å². The highest BCUT2D eigenvalue weighted by atomic mass is 16.5. The highest BCUT2D eigenvalue weighted by molar-refractivity contribution is 6.02. The molecule has 0 spiro atoms. The first-order valence-electron chi connectivity index (χ1n) is 7.39. The van der Waals surface area contributed by atoms with Crippen LogP contribution in [0.2, 0.25) is 0 Å². The smallest absolute Gasteiger partial charge is 0.339 e. The van der Waals surface area contributed by atoms with E-state index in [1.165, 1.54) is 0 Å². The predicted octanol–water partition coefficient (Wildman–Crippen LogP) is 3.85. The van der Waals surface area contributed by atoms with Crippen LogP contribution in [0.4, 0.5) is 0 Å². The Labute approximate surface area is 126 Å². The average molecular weight is 292 g/mol. The molecule has 1 atom stereocenters. The van der Waals surface area contributed by atoms with E-state index < -0.39 is 11.9 Å². The summed E-state index contributed by atoms with van der Waals surface area (Å²) in [6, 6.07) is 3.20. The van der Waals surface area contributed by atoms with Crippen LogP contribution in [0.1, 0.15) is 66.0 Å². The van der Waals surface area contributed by atoms with E-state index in [2.05, 4.69) is 0 Å². The Morgan fingerprint density at radius 1 is 1.19 bits per heavy atom. The summed E-state index contributed by atoms with van der Waals surface area (Å²) in [6.45, 7) is 9.73. The third-order valence-electron chi connectivity index (χ3n) is 3.71. The van der Waals surface area contributed by atoms with E-state index in [1.54, 1.807) is 12.1 Å². The van der Waals surface area contributed by atoms with E-state index in [9.17, 15) is 14.7 Å². The number of ether oxygens (including phenoxy) is 1. The van der Waals surface area contributed by atoms with Gasteiger partial charge in [0.25, 0.3) is 0 Å². The van der Waals surface area contributed by atoms with Gasteiger partial charge in [0.1, 0.15) is 6.10 Å². The Bertz CT molecular complexity index is 532. The average Bonchev–Trinajstić information content (AvgIpc) is 2.43. The van der Waals surface area contributed by atoms with E-state index in [0.29, 0.717) is 6.42 Å². The molecule has 1 aromatic carbocycles. The summed E-state index contributed by atoms with van der Waals surface area (Å²) in [5, 5.41) is 9.30. The molecule has 1 aromatic rings. The molecule has 0 bridgehead atoms. The summed E-state index contributed by atoms with van der Waals surface area (Å²) in [4.78, 5) is 23.7.